The molecule has 0 unspecified atom stereocenters. The van der Waals surface area contributed by atoms with E-state index < -0.39 is 24.1 Å². The Morgan fingerprint density at radius 2 is 1.94 bits per heavy atom. The molecule has 0 atom stereocenters. The molecular weight excluding hydrogens is 445 g/mol. The van der Waals surface area contributed by atoms with Crippen LogP contribution in [0.25, 0.3) is 22.3 Å². The standard InChI is InChI=1S/C20H13F3N6O4/c21-20(22,23)18-28-17(29-33-18)12-4-6-13(11-2-1-7-25-15(11)12)27-19(31)32-9-10-3-5-14(16(24)30)26-8-10/h1-8H,9H2,(H2,24,30)(H,27,31). The van der Waals surface area contributed by atoms with Gasteiger partial charge in [-0.3, -0.25) is 20.1 Å². The number of hydrogen-bond donors (Lipinski definition) is 2. The van der Waals surface area contributed by atoms with Crippen LogP contribution in [0.15, 0.2) is 53.3 Å². The Bertz CT molecular complexity index is 1340. The van der Waals surface area contributed by atoms with Crippen molar-refractivity contribution in [1.29, 1.82) is 0 Å². The molecule has 1 aromatic carbocycles. The highest BCUT2D eigenvalue weighted by molar-refractivity contribution is 6.03. The molecule has 3 aromatic heterocycles. The van der Waals surface area contributed by atoms with Crippen molar-refractivity contribution >= 4 is 28.6 Å². The first-order chi connectivity index (χ1) is 15.7. The number of nitrogens with one attached hydrogen (secondary N) is 1. The summed E-state index contributed by atoms with van der Waals surface area (Å²) in [5.74, 6) is -2.46. The third-order valence-electron chi connectivity index (χ3n) is 4.36. The van der Waals surface area contributed by atoms with Crippen molar-refractivity contribution in [3.8, 4) is 11.4 Å². The first kappa shape index (κ1) is 21.7. The number of nitrogens with zero attached hydrogens (tertiary/aromatic N) is 4. The number of anilines is 1. The second-order valence-electron chi connectivity index (χ2n) is 6.60. The predicted octanol–water partition coefficient (Wildman–Crippen LogP) is 3.55. The second-order valence-corrected chi connectivity index (χ2v) is 6.60. The van der Waals surface area contributed by atoms with Crippen LogP contribution in [0.5, 0.6) is 0 Å². The molecule has 33 heavy (non-hydrogen) atoms. The van der Waals surface area contributed by atoms with Crippen LogP contribution in [0.3, 0.4) is 0 Å². The summed E-state index contributed by atoms with van der Waals surface area (Å²) in [7, 11) is 0. The van der Waals surface area contributed by atoms with E-state index in [1.807, 2.05) is 0 Å². The first-order valence-electron chi connectivity index (χ1n) is 9.20. The summed E-state index contributed by atoms with van der Waals surface area (Å²) in [5.41, 5.74) is 6.45. The van der Waals surface area contributed by atoms with Crippen molar-refractivity contribution in [2.24, 2.45) is 5.73 Å². The average molecular weight is 458 g/mol. The monoisotopic (exact) mass is 458 g/mol. The Labute approximate surface area is 182 Å². The van der Waals surface area contributed by atoms with E-state index in [1.54, 1.807) is 12.1 Å². The van der Waals surface area contributed by atoms with Crippen molar-refractivity contribution in [1.82, 2.24) is 20.1 Å². The maximum Gasteiger partial charge on any atom is 0.471 e. The lowest BCUT2D eigenvalue weighted by molar-refractivity contribution is -0.159. The SMILES string of the molecule is NC(=O)c1ccc(COC(=O)Nc2ccc(-c3noc(C(F)(F)F)n3)c3ncccc23)cn1. The number of halogens is 3. The molecule has 0 saturated carbocycles. The minimum atomic E-state index is -4.78. The Hall–Kier alpha value is -4.55. The van der Waals surface area contributed by atoms with Gasteiger partial charge in [-0.1, -0.05) is 11.2 Å². The largest absolute Gasteiger partial charge is 0.471 e. The number of aromatic nitrogens is 4. The van der Waals surface area contributed by atoms with Crippen LogP contribution in [0, 0.1) is 0 Å². The normalized spacial score (nSPS) is 11.4. The van der Waals surface area contributed by atoms with Gasteiger partial charge in [0.2, 0.25) is 5.82 Å². The molecule has 2 amide bonds. The van der Waals surface area contributed by atoms with Crippen molar-refractivity contribution in [3.63, 3.8) is 0 Å². The van der Waals surface area contributed by atoms with Crippen molar-refractivity contribution in [2.45, 2.75) is 12.8 Å². The van der Waals surface area contributed by atoms with Crippen LogP contribution in [0.2, 0.25) is 0 Å². The number of fused-ring (bicyclic) bond motifs is 1. The average Bonchev–Trinajstić information content (AvgIpc) is 3.29. The molecule has 0 aliphatic rings. The molecule has 4 rings (SSSR count). The lowest BCUT2D eigenvalue weighted by atomic mass is 10.1. The zero-order chi connectivity index (χ0) is 23.6. The zero-order valence-electron chi connectivity index (χ0n) is 16.5. The fourth-order valence-corrected chi connectivity index (χ4v) is 2.86. The summed E-state index contributed by atoms with van der Waals surface area (Å²) in [4.78, 5) is 34.7. The van der Waals surface area contributed by atoms with Gasteiger partial charge in [-0.15, -0.1) is 0 Å². The molecule has 0 fully saturated rings. The quantitative estimate of drug-likeness (QED) is 0.462. The Balaban J connectivity index is 1.53. The van der Waals surface area contributed by atoms with Gasteiger partial charge >= 0.3 is 18.2 Å². The van der Waals surface area contributed by atoms with E-state index in [4.69, 9.17) is 10.5 Å². The van der Waals surface area contributed by atoms with Gasteiger partial charge in [0.05, 0.1) is 11.2 Å². The van der Waals surface area contributed by atoms with Crippen molar-refractivity contribution < 1.29 is 32.0 Å². The second kappa shape index (κ2) is 8.53. The van der Waals surface area contributed by atoms with Gasteiger partial charge in [0.25, 0.3) is 5.91 Å². The molecule has 3 heterocycles. The van der Waals surface area contributed by atoms with Crippen molar-refractivity contribution in [3.05, 3.63) is 65.9 Å². The summed E-state index contributed by atoms with van der Waals surface area (Å²) in [5, 5.41) is 6.35. The van der Waals surface area contributed by atoms with Gasteiger partial charge in [-0.25, -0.2) is 4.79 Å². The van der Waals surface area contributed by atoms with Gasteiger partial charge in [-0.2, -0.15) is 18.2 Å². The lowest BCUT2D eigenvalue weighted by Crippen LogP contribution is -2.15. The molecule has 4 aromatic rings. The fourth-order valence-electron chi connectivity index (χ4n) is 2.86. The van der Waals surface area contributed by atoms with Crippen LogP contribution >= 0.6 is 0 Å². The van der Waals surface area contributed by atoms with Crippen LogP contribution in [-0.2, 0) is 17.5 Å². The minimum absolute atomic E-state index is 0.0752. The van der Waals surface area contributed by atoms with Gasteiger partial charge in [0, 0.05) is 28.9 Å². The Morgan fingerprint density at radius 3 is 2.61 bits per heavy atom. The molecule has 0 aliphatic carbocycles. The number of hydrogen-bond acceptors (Lipinski definition) is 8. The van der Waals surface area contributed by atoms with Crippen LogP contribution < -0.4 is 11.1 Å². The van der Waals surface area contributed by atoms with Crippen LogP contribution in [0.1, 0.15) is 21.9 Å². The van der Waals surface area contributed by atoms with Gasteiger partial charge < -0.3 is 15.0 Å². The minimum Gasteiger partial charge on any atom is -0.444 e. The molecule has 10 nitrogen and oxygen atoms in total. The smallest absolute Gasteiger partial charge is 0.444 e. The number of carbonyl (C=O) groups excluding carboxylic acids is 2. The topological polar surface area (TPSA) is 146 Å². The van der Waals surface area contributed by atoms with Crippen LogP contribution in [0.4, 0.5) is 23.7 Å². The van der Waals surface area contributed by atoms with Crippen molar-refractivity contribution in [2.75, 3.05) is 5.32 Å². The summed E-state index contributed by atoms with van der Waals surface area (Å²) in [6.07, 6.45) is -2.80. The lowest BCUT2D eigenvalue weighted by Gasteiger charge is -2.11. The molecular formula is C20H13F3N6O4. The van der Waals surface area contributed by atoms with E-state index in [0.29, 0.717) is 16.6 Å². The molecule has 3 N–H and O–H groups in total. The fraction of sp³-hybridized carbons (Fsp3) is 0.100. The molecule has 0 radical (unpaired) electrons. The first-order valence-corrected chi connectivity index (χ1v) is 9.20. The van der Waals surface area contributed by atoms with E-state index in [2.05, 4.69) is 29.9 Å². The highest BCUT2D eigenvalue weighted by Crippen LogP contribution is 2.33. The highest BCUT2D eigenvalue weighted by atomic mass is 19.4. The third-order valence-corrected chi connectivity index (χ3v) is 4.36. The van der Waals surface area contributed by atoms with E-state index in [0.717, 1.165) is 0 Å². The maximum absolute atomic E-state index is 12.8. The molecule has 0 spiro atoms. The highest BCUT2D eigenvalue weighted by Gasteiger charge is 2.38. The Morgan fingerprint density at radius 1 is 1.12 bits per heavy atom. The Kier molecular flexibility index (Phi) is 5.60. The van der Waals surface area contributed by atoms with Gasteiger partial charge in [0.15, 0.2) is 0 Å². The summed E-state index contributed by atoms with van der Waals surface area (Å²) >= 11 is 0. The number of amides is 2. The molecule has 0 aliphatic heterocycles. The predicted molar refractivity (Wildman–Crippen MR) is 107 cm³/mol. The van der Waals surface area contributed by atoms with Gasteiger partial charge in [0.1, 0.15) is 12.3 Å². The van der Waals surface area contributed by atoms with E-state index in [9.17, 15) is 22.8 Å². The number of ether oxygens (including phenoxy) is 1. The van der Waals surface area contributed by atoms with E-state index >= 15 is 0 Å². The molecule has 0 bridgehead atoms. The molecule has 0 saturated heterocycles. The number of carbonyl (C=O) groups is 2. The van der Waals surface area contributed by atoms with Gasteiger partial charge in [-0.05, 0) is 30.3 Å². The maximum atomic E-state index is 12.8. The number of pyridine rings is 2. The number of alkyl halides is 3. The molecule has 168 valence electrons. The number of primary amides is 1. The third kappa shape index (κ3) is 4.71. The summed E-state index contributed by atoms with van der Waals surface area (Å²) in [6.45, 7) is -0.130. The number of benzene rings is 1. The number of nitrogens with two attached hydrogens (primary N) is 1. The van der Waals surface area contributed by atoms with Crippen LogP contribution in [-0.4, -0.2) is 32.1 Å². The van der Waals surface area contributed by atoms with E-state index in [-0.39, 0.29) is 29.2 Å². The summed E-state index contributed by atoms with van der Waals surface area (Å²) < 4.78 is 47.8. The number of rotatable bonds is 5. The summed E-state index contributed by atoms with van der Waals surface area (Å²) in [6, 6.07) is 8.99. The zero-order valence-corrected chi connectivity index (χ0v) is 16.5. The molecule has 13 heteroatoms. The van der Waals surface area contributed by atoms with E-state index in [1.165, 1.54) is 36.7 Å².